The van der Waals surface area contributed by atoms with Gasteiger partial charge in [-0.3, -0.25) is 4.79 Å². The van der Waals surface area contributed by atoms with Crippen LogP contribution in [-0.2, 0) is 4.79 Å². The zero-order valence-corrected chi connectivity index (χ0v) is 14.0. The summed E-state index contributed by atoms with van der Waals surface area (Å²) in [5.41, 5.74) is 1.13. The molecule has 0 spiro atoms. The summed E-state index contributed by atoms with van der Waals surface area (Å²) in [6, 6.07) is 6.02. The lowest BCUT2D eigenvalue weighted by Gasteiger charge is -2.30. The molecule has 3 heterocycles. The molecule has 0 aliphatic carbocycles. The Morgan fingerprint density at radius 3 is 2.78 bits per heavy atom. The average Bonchev–Trinajstić information content (AvgIpc) is 3.19. The molecule has 1 aromatic rings. The minimum atomic E-state index is 0.0989. The van der Waals surface area contributed by atoms with Gasteiger partial charge in [0.15, 0.2) is 11.5 Å². The van der Waals surface area contributed by atoms with Gasteiger partial charge in [-0.2, -0.15) is 0 Å². The van der Waals surface area contributed by atoms with Crippen LogP contribution < -0.4 is 9.47 Å². The third-order valence-electron chi connectivity index (χ3n) is 4.76. The maximum absolute atomic E-state index is 12.3. The Bertz CT molecular complexity index is 589. The van der Waals surface area contributed by atoms with Crippen LogP contribution in [-0.4, -0.2) is 54.4 Å². The smallest absolute Gasteiger partial charge is 0.233 e. The zero-order chi connectivity index (χ0) is 15.6. The summed E-state index contributed by atoms with van der Waals surface area (Å²) >= 11 is 1.71. The molecule has 5 nitrogen and oxygen atoms in total. The summed E-state index contributed by atoms with van der Waals surface area (Å²) < 4.78 is 10.8. The molecule has 0 saturated carbocycles. The Morgan fingerprint density at radius 1 is 1.09 bits per heavy atom. The van der Waals surface area contributed by atoms with Crippen LogP contribution in [0, 0.1) is 0 Å². The average molecular weight is 334 g/mol. The summed E-state index contributed by atoms with van der Waals surface area (Å²) in [5, 5.41) is 0.0989. The van der Waals surface area contributed by atoms with Gasteiger partial charge in [0.25, 0.3) is 0 Å². The minimum absolute atomic E-state index is 0.0989. The topological polar surface area (TPSA) is 42.0 Å². The fraction of sp³-hybridized carbons (Fsp3) is 0.588. The molecule has 0 bridgehead atoms. The fourth-order valence-electron chi connectivity index (χ4n) is 3.47. The molecule has 124 valence electrons. The van der Waals surface area contributed by atoms with E-state index < -0.39 is 0 Å². The van der Waals surface area contributed by atoms with Gasteiger partial charge < -0.3 is 19.3 Å². The van der Waals surface area contributed by atoms with E-state index in [0.717, 1.165) is 30.2 Å². The van der Waals surface area contributed by atoms with Gasteiger partial charge in [0.1, 0.15) is 5.37 Å². The third-order valence-corrected chi connectivity index (χ3v) is 6.01. The third kappa shape index (κ3) is 3.15. The predicted octanol–water partition coefficient (Wildman–Crippen LogP) is 2.48. The van der Waals surface area contributed by atoms with E-state index in [-0.39, 0.29) is 18.1 Å². The van der Waals surface area contributed by atoms with Crippen molar-refractivity contribution >= 4 is 17.7 Å². The van der Waals surface area contributed by atoms with Crippen molar-refractivity contribution in [2.45, 2.75) is 24.6 Å². The Labute approximate surface area is 140 Å². The highest BCUT2D eigenvalue weighted by Crippen LogP contribution is 2.42. The van der Waals surface area contributed by atoms with E-state index in [4.69, 9.17) is 9.47 Å². The molecule has 1 amide bonds. The zero-order valence-electron chi connectivity index (χ0n) is 13.2. The number of rotatable bonds is 4. The van der Waals surface area contributed by atoms with Crippen molar-refractivity contribution in [1.82, 2.24) is 9.80 Å². The van der Waals surface area contributed by atoms with Gasteiger partial charge in [0.05, 0.1) is 5.75 Å². The number of benzene rings is 1. The number of fused-ring (bicyclic) bond motifs is 1. The van der Waals surface area contributed by atoms with Crippen molar-refractivity contribution in [3.8, 4) is 11.5 Å². The largest absolute Gasteiger partial charge is 0.454 e. The molecular formula is C17H22N2O3S. The summed E-state index contributed by atoms with van der Waals surface area (Å²) in [6.07, 6.45) is 3.91. The quantitative estimate of drug-likeness (QED) is 0.846. The molecule has 1 atom stereocenters. The molecule has 3 aliphatic heterocycles. The van der Waals surface area contributed by atoms with Crippen LogP contribution in [0.3, 0.4) is 0 Å². The van der Waals surface area contributed by atoms with Crippen LogP contribution in [0.4, 0.5) is 0 Å². The molecule has 2 saturated heterocycles. The molecule has 4 rings (SSSR count). The number of hydrogen-bond acceptors (Lipinski definition) is 5. The van der Waals surface area contributed by atoms with Crippen LogP contribution in [0.1, 0.15) is 30.2 Å². The number of nitrogens with zero attached hydrogens (tertiary/aromatic N) is 2. The SMILES string of the molecule is O=C1CS[C@@H](c2ccc3c(c2)OCO3)N1CCN1CCCCC1. The maximum Gasteiger partial charge on any atom is 0.233 e. The first-order valence-corrected chi connectivity index (χ1v) is 9.39. The van der Waals surface area contributed by atoms with E-state index in [1.165, 1.54) is 32.4 Å². The van der Waals surface area contributed by atoms with Gasteiger partial charge in [0, 0.05) is 13.1 Å². The number of hydrogen-bond donors (Lipinski definition) is 0. The molecule has 0 unspecified atom stereocenters. The van der Waals surface area contributed by atoms with E-state index in [1.807, 2.05) is 17.0 Å². The van der Waals surface area contributed by atoms with Crippen molar-refractivity contribution in [2.24, 2.45) is 0 Å². The van der Waals surface area contributed by atoms with E-state index in [0.29, 0.717) is 5.75 Å². The first kappa shape index (κ1) is 15.1. The van der Waals surface area contributed by atoms with Crippen molar-refractivity contribution < 1.29 is 14.3 Å². The van der Waals surface area contributed by atoms with Crippen molar-refractivity contribution in [3.63, 3.8) is 0 Å². The van der Waals surface area contributed by atoms with Crippen LogP contribution in [0.2, 0.25) is 0 Å². The second-order valence-corrected chi connectivity index (χ2v) is 7.33. The highest BCUT2D eigenvalue weighted by atomic mass is 32.2. The maximum atomic E-state index is 12.3. The summed E-state index contributed by atoms with van der Waals surface area (Å²) in [4.78, 5) is 16.8. The summed E-state index contributed by atoms with van der Waals surface area (Å²) in [7, 11) is 0. The van der Waals surface area contributed by atoms with Crippen molar-refractivity contribution in [1.29, 1.82) is 0 Å². The molecule has 0 radical (unpaired) electrons. The van der Waals surface area contributed by atoms with Gasteiger partial charge in [-0.15, -0.1) is 11.8 Å². The Kier molecular flexibility index (Phi) is 4.35. The monoisotopic (exact) mass is 334 g/mol. The molecule has 6 heteroatoms. The summed E-state index contributed by atoms with van der Waals surface area (Å²) in [6.45, 7) is 4.42. The minimum Gasteiger partial charge on any atom is -0.454 e. The number of amides is 1. The lowest BCUT2D eigenvalue weighted by Crippen LogP contribution is -2.39. The molecule has 3 aliphatic rings. The normalized spacial score (nSPS) is 24.4. The van der Waals surface area contributed by atoms with E-state index >= 15 is 0 Å². The van der Waals surface area contributed by atoms with E-state index in [1.54, 1.807) is 11.8 Å². The number of likely N-dealkylation sites (tertiary alicyclic amines) is 1. The molecule has 23 heavy (non-hydrogen) atoms. The Morgan fingerprint density at radius 2 is 1.91 bits per heavy atom. The molecule has 2 fully saturated rings. The highest BCUT2D eigenvalue weighted by Gasteiger charge is 2.33. The number of piperidine rings is 1. The van der Waals surface area contributed by atoms with Gasteiger partial charge in [-0.05, 0) is 43.6 Å². The van der Waals surface area contributed by atoms with Crippen LogP contribution in [0.5, 0.6) is 11.5 Å². The van der Waals surface area contributed by atoms with Crippen LogP contribution in [0.15, 0.2) is 18.2 Å². The van der Waals surface area contributed by atoms with Gasteiger partial charge in [0.2, 0.25) is 12.7 Å². The van der Waals surface area contributed by atoms with Gasteiger partial charge in [-0.1, -0.05) is 12.5 Å². The summed E-state index contributed by atoms with van der Waals surface area (Å²) in [5.74, 6) is 2.40. The lowest BCUT2D eigenvalue weighted by atomic mass is 10.1. The molecular weight excluding hydrogens is 312 g/mol. The number of ether oxygens (including phenoxy) is 2. The molecule has 0 N–H and O–H groups in total. The first-order valence-electron chi connectivity index (χ1n) is 8.34. The highest BCUT2D eigenvalue weighted by molar-refractivity contribution is 8.00. The molecule has 0 aromatic heterocycles. The van der Waals surface area contributed by atoms with Crippen LogP contribution in [0.25, 0.3) is 0 Å². The van der Waals surface area contributed by atoms with Crippen molar-refractivity contribution in [3.05, 3.63) is 23.8 Å². The van der Waals surface area contributed by atoms with Gasteiger partial charge >= 0.3 is 0 Å². The van der Waals surface area contributed by atoms with E-state index in [9.17, 15) is 4.79 Å². The predicted molar refractivity (Wildman–Crippen MR) is 89.8 cm³/mol. The Hall–Kier alpha value is -1.40. The molecule has 1 aromatic carbocycles. The standard InChI is InChI=1S/C17H22N2O3S/c20-16-11-23-17(13-4-5-14-15(10-13)22-12-21-14)19(16)9-8-18-6-2-1-3-7-18/h4-5,10,17H,1-3,6-9,11-12H2/t17-/m0/s1. The van der Waals surface area contributed by atoms with Crippen LogP contribution >= 0.6 is 11.8 Å². The number of carbonyl (C=O) groups excluding carboxylic acids is 1. The lowest BCUT2D eigenvalue weighted by molar-refractivity contribution is -0.128. The first-order chi connectivity index (χ1) is 11.3. The van der Waals surface area contributed by atoms with Crippen molar-refractivity contribution in [2.75, 3.05) is 38.7 Å². The fourth-order valence-corrected chi connectivity index (χ4v) is 4.68. The second-order valence-electron chi connectivity index (χ2n) is 6.27. The van der Waals surface area contributed by atoms with Gasteiger partial charge in [-0.25, -0.2) is 0 Å². The number of carbonyl (C=O) groups is 1. The van der Waals surface area contributed by atoms with E-state index in [2.05, 4.69) is 11.0 Å². The number of thioether (sulfide) groups is 1. The Balaban J connectivity index is 1.45. The second kappa shape index (κ2) is 6.61.